The van der Waals surface area contributed by atoms with Gasteiger partial charge in [-0.1, -0.05) is 0 Å². The second-order valence-corrected chi connectivity index (χ2v) is 4.26. The van der Waals surface area contributed by atoms with Gasteiger partial charge >= 0.3 is 0 Å². The Morgan fingerprint density at radius 1 is 1.16 bits per heavy atom. The number of carbonyl (C=O) groups is 1. The normalized spacial score (nSPS) is 10.4. The third-order valence-electron chi connectivity index (χ3n) is 2.83. The molecule has 0 atom stereocenters. The van der Waals surface area contributed by atoms with Crippen LogP contribution in [0.1, 0.15) is 23.0 Å². The smallest absolute Gasteiger partial charge is 0.269 e. The predicted octanol–water partition coefficient (Wildman–Crippen LogP) is 1.76. The molecule has 0 fully saturated rings. The van der Waals surface area contributed by atoms with Crippen molar-refractivity contribution >= 4 is 5.78 Å². The number of aryl methyl sites for hydroxylation is 1. The maximum atomic E-state index is 12.3. The number of phenols is 1. The van der Waals surface area contributed by atoms with Crippen molar-refractivity contribution in [2.24, 2.45) is 0 Å². The maximum Gasteiger partial charge on any atom is 0.269 e. The van der Waals surface area contributed by atoms with Gasteiger partial charge in [-0.05, 0) is 38.1 Å². The van der Waals surface area contributed by atoms with Gasteiger partial charge in [0.15, 0.2) is 5.78 Å². The Balaban J connectivity index is 2.77. The summed E-state index contributed by atoms with van der Waals surface area (Å²) in [5.41, 5.74) is 0.204. The molecule has 0 bridgehead atoms. The van der Waals surface area contributed by atoms with E-state index in [1.807, 2.05) is 0 Å². The standard InChI is InChI=1S/C14H13NO4/c1-8-7-12(18)13(9(2)16)14(19)15(8)10-3-5-11(17)6-4-10/h3-7,17-18H,1-2H3. The fourth-order valence-corrected chi connectivity index (χ4v) is 1.97. The van der Waals surface area contributed by atoms with Crippen molar-refractivity contribution in [2.75, 3.05) is 0 Å². The molecule has 0 spiro atoms. The van der Waals surface area contributed by atoms with Gasteiger partial charge < -0.3 is 10.2 Å². The summed E-state index contributed by atoms with van der Waals surface area (Å²) in [5, 5.41) is 18.9. The minimum absolute atomic E-state index is 0.0834. The lowest BCUT2D eigenvalue weighted by atomic mass is 10.1. The van der Waals surface area contributed by atoms with E-state index >= 15 is 0 Å². The summed E-state index contributed by atoms with van der Waals surface area (Å²) >= 11 is 0. The predicted molar refractivity (Wildman–Crippen MR) is 70.1 cm³/mol. The summed E-state index contributed by atoms with van der Waals surface area (Å²) in [4.78, 5) is 23.7. The second kappa shape index (κ2) is 4.61. The van der Waals surface area contributed by atoms with Gasteiger partial charge in [0.2, 0.25) is 0 Å². The molecular formula is C14H13NO4. The molecule has 98 valence electrons. The minimum atomic E-state index is -0.573. The number of pyridine rings is 1. The van der Waals surface area contributed by atoms with Gasteiger partial charge in [0, 0.05) is 17.4 Å². The molecule has 0 aliphatic carbocycles. The van der Waals surface area contributed by atoms with Crippen LogP contribution < -0.4 is 5.56 Å². The average molecular weight is 259 g/mol. The van der Waals surface area contributed by atoms with Crippen molar-refractivity contribution in [2.45, 2.75) is 13.8 Å². The molecule has 0 saturated heterocycles. The molecule has 0 unspecified atom stereocenters. The Kier molecular flexibility index (Phi) is 3.12. The minimum Gasteiger partial charge on any atom is -0.508 e. The number of Topliss-reactive ketones (excluding diaryl/α,β-unsaturated/α-hetero) is 1. The maximum absolute atomic E-state index is 12.3. The van der Waals surface area contributed by atoms with Crippen LogP contribution in [-0.2, 0) is 0 Å². The number of benzene rings is 1. The quantitative estimate of drug-likeness (QED) is 0.805. The SMILES string of the molecule is CC(=O)c1c(O)cc(C)n(-c2ccc(O)cc2)c1=O. The number of aromatic hydroxyl groups is 2. The highest BCUT2D eigenvalue weighted by Crippen LogP contribution is 2.19. The number of aromatic nitrogens is 1. The molecule has 19 heavy (non-hydrogen) atoms. The number of hydrogen-bond acceptors (Lipinski definition) is 4. The first-order valence-corrected chi connectivity index (χ1v) is 5.67. The topological polar surface area (TPSA) is 79.5 Å². The third-order valence-corrected chi connectivity index (χ3v) is 2.83. The Morgan fingerprint density at radius 2 is 1.74 bits per heavy atom. The lowest BCUT2D eigenvalue weighted by Gasteiger charge is -2.12. The van der Waals surface area contributed by atoms with Gasteiger partial charge in [-0.2, -0.15) is 0 Å². The summed E-state index contributed by atoms with van der Waals surface area (Å²) in [6.07, 6.45) is 0. The highest BCUT2D eigenvalue weighted by Gasteiger charge is 2.17. The van der Waals surface area contributed by atoms with Crippen molar-refractivity contribution < 1.29 is 15.0 Å². The lowest BCUT2D eigenvalue weighted by molar-refractivity contribution is 0.101. The highest BCUT2D eigenvalue weighted by atomic mass is 16.3. The Hall–Kier alpha value is -2.56. The molecule has 2 N–H and O–H groups in total. The Bertz CT molecular complexity index is 699. The number of ketones is 1. The zero-order valence-electron chi connectivity index (χ0n) is 10.5. The highest BCUT2D eigenvalue weighted by molar-refractivity contribution is 5.96. The van der Waals surface area contributed by atoms with Crippen molar-refractivity contribution in [1.29, 1.82) is 0 Å². The van der Waals surface area contributed by atoms with E-state index in [9.17, 15) is 19.8 Å². The summed E-state index contributed by atoms with van der Waals surface area (Å²) in [6.45, 7) is 2.88. The largest absolute Gasteiger partial charge is 0.508 e. The molecule has 2 rings (SSSR count). The van der Waals surface area contributed by atoms with Gasteiger partial charge in [0.25, 0.3) is 5.56 Å². The van der Waals surface area contributed by atoms with Crippen LogP contribution in [0.4, 0.5) is 0 Å². The molecule has 1 heterocycles. The molecule has 5 nitrogen and oxygen atoms in total. The number of phenolic OH excluding ortho intramolecular Hbond substituents is 1. The molecule has 0 radical (unpaired) electrons. The van der Waals surface area contributed by atoms with E-state index in [1.165, 1.54) is 29.7 Å². The summed E-state index contributed by atoms with van der Waals surface area (Å²) in [7, 11) is 0. The third kappa shape index (κ3) is 2.22. The van der Waals surface area contributed by atoms with Crippen molar-refractivity contribution in [3.8, 4) is 17.2 Å². The Morgan fingerprint density at radius 3 is 2.26 bits per heavy atom. The molecule has 0 amide bonds. The number of carbonyl (C=O) groups excluding carboxylic acids is 1. The van der Waals surface area contributed by atoms with Crippen molar-refractivity contribution in [1.82, 2.24) is 4.57 Å². The number of hydrogen-bond donors (Lipinski definition) is 2. The van der Waals surface area contributed by atoms with Gasteiger partial charge in [-0.3, -0.25) is 14.2 Å². The van der Waals surface area contributed by atoms with E-state index in [0.717, 1.165) is 0 Å². The fourth-order valence-electron chi connectivity index (χ4n) is 1.97. The first-order valence-electron chi connectivity index (χ1n) is 5.67. The van der Waals surface area contributed by atoms with Crippen LogP contribution in [0.25, 0.3) is 5.69 Å². The van der Waals surface area contributed by atoms with E-state index in [0.29, 0.717) is 11.4 Å². The Labute approximate surface area is 109 Å². The molecule has 2 aromatic rings. The van der Waals surface area contributed by atoms with E-state index in [1.54, 1.807) is 19.1 Å². The van der Waals surface area contributed by atoms with Crippen LogP contribution in [-0.4, -0.2) is 20.6 Å². The number of nitrogens with zero attached hydrogens (tertiary/aromatic N) is 1. The van der Waals surface area contributed by atoms with Gasteiger partial charge in [-0.25, -0.2) is 0 Å². The van der Waals surface area contributed by atoms with Crippen LogP contribution in [0.3, 0.4) is 0 Å². The second-order valence-electron chi connectivity index (χ2n) is 4.26. The molecular weight excluding hydrogens is 246 g/mol. The summed E-state index contributed by atoms with van der Waals surface area (Å²) < 4.78 is 1.32. The van der Waals surface area contributed by atoms with Gasteiger partial charge in [0.05, 0.1) is 0 Å². The average Bonchev–Trinajstić information content (AvgIpc) is 2.30. The first kappa shape index (κ1) is 12.9. The van der Waals surface area contributed by atoms with Crippen LogP contribution in [0.5, 0.6) is 11.5 Å². The van der Waals surface area contributed by atoms with Crippen molar-refractivity contribution in [3.63, 3.8) is 0 Å². The van der Waals surface area contributed by atoms with Gasteiger partial charge in [0.1, 0.15) is 17.1 Å². The number of rotatable bonds is 2. The molecule has 0 aliphatic heterocycles. The first-order chi connectivity index (χ1) is 8.91. The fraction of sp³-hybridized carbons (Fsp3) is 0.143. The zero-order chi connectivity index (χ0) is 14.2. The van der Waals surface area contributed by atoms with Crippen LogP contribution in [0, 0.1) is 6.92 Å². The molecule has 5 heteroatoms. The zero-order valence-corrected chi connectivity index (χ0v) is 10.5. The summed E-state index contributed by atoms with van der Waals surface area (Å²) in [6, 6.07) is 7.38. The van der Waals surface area contributed by atoms with E-state index in [2.05, 4.69) is 0 Å². The lowest BCUT2D eigenvalue weighted by Crippen LogP contribution is -2.26. The van der Waals surface area contributed by atoms with Crippen LogP contribution in [0.2, 0.25) is 0 Å². The van der Waals surface area contributed by atoms with E-state index < -0.39 is 11.3 Å². The van der Waals surface area contributed by atoms with Crippen LogP contribution >= 0.6 is 0 Å². The molecule has 1 aromatic carbocycles. The molecule has 0 saturated carbocycles. The van der Waals surface area contributed by atoms with E-state index in [-0.39, 0.29) is 17.1 Å². The summed E-state index contributed by atoms with van der Waals surface area (Å²) in [5.74, 6) is -0.722. The van der Waals surface area contributed by atoms with Crippen molar-refractivity contribution in [3.05, 3.63) is 51.9 Å². The van der Waals surface area contributed by atoms with Crippen LogP contribution in [0.15, 0.2) is 35.1 Å². The van der Waals surface area contributed by atoms with E-state index in [4.69, 9.17) is 0 Å². The molecule has 0 aliphatic rings. The monoisotopic (exact) mass is 259 g/mol. The van der Waals surface area contributed by atoms with Gasteiger partial charge in [-0.15, -0.1) is 0 Å². The molecule has 1 aromatic heterocycles.